The maximum atomic E-state index is 13.1. The second kappa shape index (κ2) is 14.3. The maximum Gasteiger partial charge on any atom is 0.413 e. The van der Waals surface area contributed by atoms with Crippen LogP contribution in [0.3, 0.4) is 0 Å². The van der Waals surface area contributed by atoms with E-state index in [-0.39, 0.29) is 12.5 Å². The minimum atomic E-state index is -2.81. The molecule has 5 rings (SSSR count). The molecule has 3 amide bonds. The third-order valence-corrected chi connectivity index (χ3v) is 7.07. The molecule has 1 atom stereocenters. The molecule has 1 fully saturated rings. The van der Waals surface area contributed by atoms with Gasteiger partial charge >= 0.3 is 6.09 Å². The van der Waals surface area contributed by atoms with Crippen molar-refractivity contribution >= 4 is 35.3 Å². The average molecular weight is 655 g/mol. The monoisotopic (exact) mass is 654 g/mol. The lowest BCUT2D eigenvalue weighted by Gasteiger charge is -2.38. The van der Waals surface area contributed by atoms with E-state index in [2.05, 4.69) is 15.6 Å². The summed E-state index contributed by atoms with van der Waals surface area (Å²) in [6.45, 7) is 8.41. The van der Waals surface area contributed by atoms with E-state index in [0.29, 0.717) is 28.6 Å². The van der Waals surface area contributed by atoms with Crippen molar-refractivity contribution in [3.63, 3.8) is 0 Å². The lowest BCUT2D eigenvalue weighted by atomic mass is 9.99. The second-order valence-corrected chi connectivity index (χ2v) is 12.1. The number of halogens is 3. The zero-order valence-electron chi connectivity index (χ0n) is 26.3. The number of rotatable bonds is 7. The van der Waals surface area contributed by atoms with Crippen LogP contribution in [0.4, 0.5) is 19.4 Å². The van der Waals surface area contributed by atoms with E-state index < -0.39 is 42.7 Å². The van der Waals surface area contributed by atoms with E-state index in [4.69, 9.17) is 21.1 Å². The molecule has 244 valence electrons. The van der Waals surface area contributed by atoms with Crippen molar-refractivity contribution in [1.82, 2.24) is 15.2 Å². The molecular weight excluding hydrogens is 618 g/mol. The molecule has 0 aliphatic carbocycles. The minimum Gasteiger partial charge on any atom is -0.484 e. The normalized spacial score (nSPS) is 16.3. The Labute approximate surface area is 271 Å². The van der Waals surface area contributed by atoms with E-state index in [1.54, 1.807) is 75.5 Å². The fourth-order valence-electron chi connectivity index (χ4n) is 4.72. The van der Waals surface area contributed by atoms with Crippen molar-refractivity contribution in [1.29, 1.82) is 0 Å². The minimum absolute atomic E-state index is 0.235. The summed E-state index contributed by atoms with van der Waals surface area (Å²) in [5.74, 6) is -2.68. The molecule has 2 aromatic carbocycles. The van der Waals surface area contributed by atoms with Crippen molar-refractivity contribution in [3.05, 3.63) is 88.6 Å². The summed E-state index contributed by atoms with van der Waals surface area (Å²) in [5, 5.41) is 5.75. The van der Waals surface area contributed by atoms with Crippen molar-refractivity contribution in [2.45, 2.75) is 65.2 Å². The van der Waals surface area contributed by atoms with Gasteiger partial charge in [0.2, 0.25) is 5.91 Å². The number of nitrogens with one attached hydrogen (secondary N) is 2. The van der Waals surface area contributed by atoms with Crippen molar-refractivity contribution in [2.75, 3.05) is 18.4 Å². The van der Waals surface area contributed by atoms with Gasteiger partial charge in [0.15, 0.2) is 0 Å². The first-order valence-electron chi connectivity index (χ1n) is 14.9. The molecule has 1 aromatic heterocycles. The Balaban J connectivity index is 0.00000235. The number of aromatic nitrogens is 1. The number of anilines is 1. The number of hydrogen-bond donors (Lipinski definition) is 2. The predicted octanol–water partition coefficient (Wildman–Crippen LogP) is 7.04. The molecule has 0 saturated carbocycles. The van der Waals surface area contributed by atoms with Gasteiger partial charge in [0.1, 0.15) is 23.3 Å². The van der Waals surface area contributed by atoms with Gasteiger partial charge in [-0.15, -0.1) is 0 Å². The van der Waals surface area contributed by atoms with Gasteiger partial charge in [-0.2, -0.15) is 0 Å². The molecule has 3 heterocycles. The molecule has 3 aromatic rings. The summed E-state index contributed by atoms with van der Waals surface area (Å²) in [6.07, 6.45) is 4.12. The number of amides is 3. The molecule has 2 aliphatic rings. The highest BCUT2D eigenvalue weighted by Crippen LogP contribution is 2.40. The Morgan fingerprint density at radius 1 is 1.09 bits per heavy atom. The Bertz CT molecular complexity index is 1600. The number of nitrogens with zero attached hydrogens (tertiary/aromatic N) is 2. The van der Waals surface area contributed by atoms with Crippen LogP contribution in [0.15, 0.2) is 66.9 Å². The molecule has 1 saturated heterocycles. The fraction of sp³-hybridized carbons (Fsp3) is 0.353. The van der Waals surface area contributed by atoms with Gasteiger partial charge in [-0.25, -0.2) is 18.6 Å². The van der Waals surface area contributed by atoms with Crippen LogP contribution in [0.5, 0.6) is 5.75 Å². The molecule has 9 nitrogen and oxygen atoms in total. The van der Waals surface area contributed by atoms with Crippen LogP contribution in [0.25, 0.3) is 11.1 Å². The number of carbonyl (C=O) groups is 3. The van der Waals surface area contributed by atoms with Crippen LogP contribution in [-0.4, -0.2) is 58.5 Å². The Hall–Kier alpha value is -4.51. The molecule has 2 N–H and O–H groups in total. The highest BCUT2D eigenvalue weighted by molar-refractivity contribution is 6.32. The third-order valence-electron chi connectivity index (χ3n) is 6.79. The number of likely N-dealkylation sites (tertiary alicyclic amines) is 1. The topological polar surface area (TPSA) is 110 Å². The van der Waals surface area contributed by atoms with E-state index >= 15 is 0 Å². The van der Waals surface area contributed by atoms with Crippen LogP contribution >= 0.6 is 11.6 Å². The average Bonchev–Trinajstić information content (AvgIpc) is 3.42. The summed E-state index contributed by atoms with van der Waals surface area (Å²) in [5.41, 5.74) is 2.95. The molecule has 2 aliphatic heterocycles. The number of fused-ring (bicyclic) bond motifs is 1. The van der Waals surface area contributed by atoms with E-state index in [9.17, 15) is 23.2 Å². The van der Waals surface area contributed by atoms with E-state index in [1.165, 1.54) is 6.08 Å². The van der Waals surface area contributed by atoms with Gasteiger partial charge in [0.05, 0.1) is 18.1 Å². The Kier molecular flexibility index (Phi) is 10.7. The maximum absolute atomic E-state index is 13.1. The van der Waals surface area contributed by atoms with Crippen molar-refractivity contribution < 1.29 is 32.6 Å². The van der Waals surface area contributed by atoms with Crippen LogP contribution in [-0.2, 0) is 22.5 Å². The van der Waals surface area contributed by atoms with Gasteiger partial charge in [-0.1, -0.05) is 43.6 Å². The zero-order valence-corrected chi connectivity index (χ0v) is 27.1. The number of pyridine rings is 1. The molecule has 1 unspecified atom stereocenters. The first-order valence-corrected chi connectivity index (χ1v) is 15.3. The summed E-state index contributed by atoms with van der Waals surface area (Å²) in [6, 6.07) is 13.8. The van der Waals surface area contributed by atoms with Gasteiger partial charge in [-0.3, -0.25) is 14.9 Å². The lowest BCUT2D eigenvalue weighted by Crippen LogP contribution is -2.58. The molecule has 0 spiro atoms. The van der Waals surface area contributed by atoms with Crippen LogP contribution in [0, 0.1) is 0 Å². The highest BCUT2D eigenvalue weighted by Gasteiger charge is 2.46. The summed E-state index contributed by atoms with van der Waals surface area (Å²) >= 11 is 6.52. The lowest BCUT2D eigenvalue weighted by molar-refractivity contribution is -0.116. The Morgan fingerprint density at radius 2 is 1.78 bits per heavy atom. The molecule has 12 heteroatoms. The summed E-state index contributed by atoms with van der Waals surface area (Å²) in [4.78, 5) is 42.0. The molecular formula is C34H37ClF2N4O5. The first kappa shape index (κ1) is 34.4. The quantitative estimate of drug-likeness (QED) is 0.265. The standard InChI is InChI=1S/C32H31ClF2N4O5.C2H6/c1-31(2,3)44-30(42)38-26-10-4-19(15-36-26)16-37-27(40)11-9-24-13-23-12-22(14-25(33)28(23)43-24)20-5-7-21(8-6-20)29(41)39-17-32(34,35)18-39;1-2/h4-12,14-15,24H,13,16-18H2,1-3H3,(H,37,40)(H,36,38,42);1-2H3/b11-9+;. The second-order valence-electron chi connectivity index (χ2n) is 11.7. The number of ether oxygens (including phenoxy) is 2. The largest absolute Gasteiger partial charge is 0.484 e. The zero-order chi connectivity index (χ0) is 33.6. The predicted molar refractivity (Wildman–Crippen MR) is 172 cm³/mol. The van der Waals surface area contributed by atoms with Crippen molar-refractivity contribution in [3.8, 4) is 16.9 Å². The van der Waals surface area contributed by atoms with Crippen LogP contribution in [0.2, 0.25) is 5.02 Å². The van der Waals surface area contributed by atoms with Crippen LogP contribution < -0.4 is 15.4 Å². The van der Waals surface area contributed by atoms with E-state index in [1.807, 2.05) is 19.9 Å². The van der Waals surface area contributed by atoms with Crippen molar-refractivity contribution in [2.24, 2.45) is 0 Å². The molecule has 0 radical (unpaired) electrons. The van der Waals surface area contributed by atoms with Crippen LogP contribution in [0.1, 0.15) is 56.1 Å². The first-order chi connectivity index (χ1) is 21.7. The van der Waals surface area contributed by atoms with E-state index in [0.717, 1.165) is 27.2 Å². The number of alkyl halides is 2. The number of carbonyl (C=O) groups excluding carboxylic acids is 3. The number of hydrogen-bond acceptors (Lipinski definition) is 6. The highest BCUT2D eigenvalue weighted by atomic mass is 35.5. The summed E-state index contributed by atoms with van der Waals surface area (Å²) < 4.78 is 37.4. The third kappa shape index (κ3) is 9.03. The van der Waals surface area contributed by atoms with Gasteiger partial charge in [0.25, 0.3) is 11.8 Å². The van der Waals surface area contributed by atoms with Gasteiger partial charge in [0, 0.05) is 36.4 Å². The fourth-order valence-corrected chi connectivity index (χ4v) is 5.00. The molecule has 46 heavy (non-hydrogen) atoms. The number of benzene rings is 2. The SMILES string of the molecule is CC.CC(C)(C)OC(=O)Nc1ccc(CNC(=O)/C=C/C2Cc3cc(-c4ccc(C(=O)N5CC(F)(F)C5)cc4)cc(Cl)c3O2)cn1. The van der Waals surface area contributed by atoms with Gasteiger partial charge in [-0.05, 0) is 73.9 Å². The smallest absolute Gasteiger partial charge is 0.413 e. The van der Waals surface area contributed by atoms with Gasteiger partial charge < -0.3 is 19.7 Å². The summed E-state index contributed by atoms with van der Waals surface area (Å²) in [7, 11) is 0. The Morgan fingerprint density at radius 3 is 2.39 bits per heavy atom. The molecule has 0 bridgehead atoms.